The Hall–Kier alpha value is -2.27. The van der Waals surface area contributed by atoms with Gasteiger partial charge in [0.05, 0.1) is 6.20 Å². The van der Waals surface area contributed by atoms with Crippen LogP contribution in [0.2, 0.25) is 0 Å². The van der Waals surface area contributed by atoms with Crippen LogP contribution < -0.4 is 5.32 Å². The first kappa shape index (κ1) is 18.5. The van der Waals surface area contributed by atoms with E-state index in [2.05, 4.69) is 46.2 Å². The van der Waals surface area contributed by atoms with E-state index in [0.29, 0.717) is 5.69 Å². The number of aryl methyl sites for hydroxylation is 1. The third kappa shape index (κ3) is 4.88. The Labute approximate surface area is 155 Å². The molecule has 3 rings (SSSR count). The molecule has 5 heteroatoms. The van der Waals surface area contributed by atoms with E-state index in [1.807, 2.05) is 12.1 Å². The number of piperidine rings is 1. The number of hydrogen-bond acceptors (Lipinski definition) is 4. The van der Waals surface area contributed by atoms with Gasteiger partial charge in [0.15, 0.2) is 0 Å². The van der Waals surface area contributed by atoms with Crippen LogP contribution in [0.1, 0.15) is 42.7 Å². The molecule has 1 amide bonds. The molecule has 26 heavy (non-hydrogen) atoms. The lowest BCUT2D eigenvalue weighted by Crippen LogP contribution is -2.39. The zero-order chi connectivity index (χ0) is 18.4. The van der Waals surface area contributed by atoms with Gasteiger partial charge in [0.1, 0.15) is 5.69 Å². The van der Waals surface area contributed by atoms with Gasteiger partial charge in [-0.3, -0.25) is 9.78 Å². The van der Waals surface area contributed by atoms with E-state index in [9.17, 15) is 4.79 Å². The van der Waals surface area contributed by atoms with Gasteiger partial charge in [0.2, 0.25) is 0 Å². The molecule has 0 aliphatic carbocycles. The predicted octanol–water partition coefficient (Wildman–Crippen LogP) is 3.64. The van der Waals surface area contributed by atoms with Gasteiger partial charge in [-0.1, -0.05) is 26.0 Å². The fourth-order valence-electron chi connectivity index (χ4n) is 3.71. The molecule has 1 aliphatic heterocycles. The van der Waals surface area contributed by atoms with Crippen LogP contribution in [0.4, 0.5) is 5.69 Å². The molecule has 138 valence electrons. The SMILES string of the molecule is CCN1CC[C@H](CCc2ccc(NC(=O)c3cnccn3)cc2)[C@H](C)C1. The summed E-state index contributed by atoms with van der Waals surface area (Å²) in [6, 6.07) is 8.15. The monoisotopic (exact) mass is 352 g/mol. The summed E-state index contributed by atoms with van der Waals surface area (Å²) in [5, 5.41) is 2.86. The molecular formula is C21H28N4O. The maximum absolute atomic E-state index is 12.1. The highest BCUT2D eigenvalue weighted by Gasteiger charge is 2.24. The van der Waals surface area contributed by atoms with Crippen LogP contribution in [0.15, 0.2) is 42.9 Å². The summed E-state index contributed by atoms with van der Waals surface area (Å²) < 4.78 is 0. The van der Waals surface area contributed by atoms with Crippen molar-refractivity contribution in [2.75, 3.05) is 25.0 Å². The molecule has 2 atom stereocenters. The number of carbonyl (C=O) groups excluding carboxylic acids is 1. The van der Waals surface area contributed by atoms with Crippen molar-refractivity contribution in [2.45, 2.75) is 33.1 Å². The molecule has 1 N–H and O–H groups in total. The van der Waals surface area contributed by atoms with Crippen molar-refractivity contribution in [3.05, 3.63) is 54.1 Å². The minimum Gasteiger partial charge on any atom is -0.321 e. The van der Waals surface area contributed by atoms with Crippen LogP contribution >= 0.6 is 0 Å². The molecule has 0 radical (unpaired) electrons. The molecule has 2 heterocycles. The average Bonchev–Trinajstić information content (AvgIpc) is 2.68. The minimum atomic E-state index is -0.234. The van der Waals surface area contributed by atoms with Crippen molar-refractivity contribution >= 4 is 11.6 Å². The Bertz CT molecular complexity index is 702. The van der Waals surface area contributed by atoms with Crippen molar-refractivity contribution < 1.29 is 4.79 Å². The Morgan fingerprint density at radius 1 is 1.27 bits per heavy atom. The smallest absolute Gasteiger partial charge is 0.275 e. The topological polar surface area (TPSA) is 58.1 Å². The van der Waals surface area contributed by atoms with E-state index >= 15 is 0 Å². The van der Waals surface area contributed by atoms with Crippen LogP contribution in [0.5, 0.6) is 0 Å². The summed E-state index contributed by atoms with van der Waals surface area (Å²) >= 11 is 0. The lowest BCUT2D eigenvalue weighted by molar-refractivity contribution is 0.102. The first-order valence-corrected chi connectivity index (χ1v) is 9.54. The molecule has 2 aromatic rings. The molecule has 1 fully saturated rings. The van der Waals surface area contributed by atoms with Crippen LogP contribution in [-0.4, -0.2) is 40.4 Å². The lowest BCUT2D eigenvalue weighted by Gasteiger charge is -2.36. The van der Waals surface area contributed by atoms with Gasteiger partial charge >= 0.3 is 0 Å². The van der Waals surface area contributed by atoms with Crippen LogP contribution in [0.3, 0.4) is 0 Å². The molecule has 1 aromatic heterocycles. The lowest BCUT2D eigenvalue weighted by atomic mass is 9.83. The van der Waals surface area contributed by atoms with Crippen molar-refractivity contribution in [3.8, 4) is 0 Å². The van der Waals surface area contributed by atoms with E-state index < -0.39 is 0 Å². The Kier molecular flexibility index (Phi) is 6.34. The molecule has 0 unspecified atom stereocenters. The van der Waals surface area contributed by atoms with Gasteiger partial charge < -0.3 is 10.2 Å². The van der Waals surface area contributed by atoms with Gasteiger partial charge in [-0.2, -0.15) is 0 Å². The molecule has 0 saturated carbocycles. The second kappa shape index (κ2) is 8.90. The first-order valence-electron chi connectivity index (χ1n) is 9.54. The van der Waals surface area contributed by atoms with Gasteiger partial charge in [0.25, 0.3) is 5.91 Å². The van der Waals surface area contributed by atoms with Crippen LogP contribution in [0.25, 0.3) is 0 Å². The Balaban J connectivity index is 1.49. The number of benzene rings is 1. The molecular weight excluding hydrogens is 324 g/mol. The highest BCUT2D eigenvalue weighted by molar-refractivity contribution is 6.02. The number of nitrogens with zero attached hydrogens (tertiary/aromatic N) is 3. The van der Waals surface area contributed by atoms with E-state index in [-0.39, 0.29) is 5.91 Å². The highest BCUT2D eigenvalue weighted by Crippen LogP contribution is 2.27. The maximum atomic E-state index is 12.1. The van der Waals surface area contributed by atoms with Gasteiger partial charge in [0, 0.05) is 24.6 Å². The zero-order valence-electron chi connectivity index (χ0n) is 15.7. The fourth-order valence-corrected chi connectivity index (χ4v) is 3.71. The number of rotatable bonds is 6. The van der Waals surface area contributed by atoms with Crippen LogP contribution in [0, 0.1) is 11.8 Å². The number of anilines is 1. The van der Waals surface area contributed by atoms with Crippen molar-refractivity contribution in [3.63, 3.8) is 0 Å². The largest absolute Gasteiger partial charge is 0.321 e. The van der Waals surface area contributed by atoms with Crippen LogP contribution in [-0.2, 0) is 6.42 Å². The number of amides is 1. The third-order valence-electron chi connectivity index (χ3n) is 5.43. The van der Waals surface area contributed by atoms with E-state index in [0.717, 1.165) is 23.9 Å². The number of likely N-dealkylation sites (tertiary alicyclic amines) is 1. The molecule has 1 aromatic carbocycles. The van der Waals surface area contributed by atoms with Crippen molar-refractivity contribution in [1.29, 1.82) is 0 Å². The predicted molar refractivity (Wildman–Crippen MR) is 104 cm³/mol. The summed E-state index contributed by atoms with van der Waals surface area (Å²) in [6.07, 6.45) is 8.18. The summed E-state index contributed by atoms with van der Waals surface area (Å²) in [4.78, 5) is 22.6. The average molecular weight is 352 g/mol. The number of hydrogen-bond donors (Lipinski definition) is 1. The first-order chi connectivity index (χ1) is 12.7. The normalized spacial score (nSPS) is 20.7. The third-order valence-corrected chi connectivity index (χ3v) is 5.43. The molecule has 5 nitrogen and oxygen atoms in total. The fraction of sp³-hybridized carbons (Fsp3) is 0.476. The van der Waals surface area contributed by atoms with E-state index in [4.69, 9.17) is 0 Å². The molecule has 1 aliphatic rings. The Morgan fingerprint density at radius 3 is 2.73 bits per heavy atom. The van der Waals surface area contributed by atoms with Gasteiger partial charge in [-0.25, -0.2) is 4.98 Å². The zero-order valence-corrected chi connectivity index (χ0v) is 15.7. The standard InChI is InChI=1S/C21H28N4O/c1-3-25-13-10-18(16(2)15-25)7-4-17-5-8-19(9-6-17)24-21(26)20-14-22-11-12-23-20/h5-6,8-9,11-12,14,16,18H,3-4,7,10,13,15H2,1-2H3,(H,24,26)/t16-,18+/m1/s1. The number of carbonyl (C=O) groups is 1. The minimum absolute atomic E-state index is 0.234. The Morgan fingerprint density at radius 2 is 2.08 bits per heavy atom. The summed E-state index contributed by atoms with van der Waals surface area (Å²) in [7, 11) is 0. The maximum Gasteiger partial charge on any atom is 0.275 e. The molecule has 0 spiro atoms. The van der Waals surface area contributed by atoms with Gasteiger partial charge in [-0.15, -0.1) is 0 Å². The summed E-state index contributed by atoms with van der Waals surface area (Å²) in [6.45, 7) is 8.27. The van der Waals surface area contributed by atoms with Gasteiger partial charge in [-0.05, 0) is 61.9 Å². The summed E-state index contributed by atoms with van der Waals surface area (Å²) in [5.41, 5.74) is 2.44. The quantitative estimate of drug-likeness (QED) is 0.862. The molecule has 1 saturated heterocycles. The van der Waals surface area contributed by atoms with Crippen molar-refractivity contribution in [1.82, 2.24) is 14.9 Å². The number of aromatic nitrogens is 2. The van der Waals surface area contributed by atoms with E-state index in [1.54, 1.807) is 6.20 Å². The van der Waals surface area contributed by atoms with E-state index in [1.165, 1.54) is 50.4 Å². The van der Waals surface area contributed by atoms with Crippen molar-refractivity contribution in [2.24, 2.45) is 11.8 Å². The highest BCUT2D eigenvalue weighted by atomic mass is 16.1. The number of nitrogens with one attached hydrogen (secondary N) is 1. The molecule has 0 bridgehead atoms. The summed E-state index contributed by atoms with van der Waals surface area (Å²) in [5.74, 6) is 1.35. The second-order valence-corrected chi connectivity index (χ2v) is 7.20. The second-order valence-electron chi connectivity index (χ2n) is 7.20.